The number of anilines is 2. The summed E-state index contributed by atoms with van der Waals surface area (Å²) in [5.41, 5.74) is 8.89. The van der Waals surface area contributed by atoms with E-state index in [9.17, 15) is 14.3 Å². The monoisotopic (exact) mass is 396 g/mol. The van der Waals surface area contributed by atoms with Crippen molar-refractivity contribution >= 4 is 28.3 Å². The summed E-state index contributed by atoms with van der Waals surface area (Å²) < 4.78 is 13.1. The van der Waals surface area contributed by atoms with E-state index in [1.54, 1.807) is 25.5 Å². The third kappa shape index (κ3) is 3.62. The molecule has 4 rings (SSSR count). The molecule has 5 N–H and O–H groups in total. The number of aromatic nitrogens is 3. The average Bonchev–Trinajstić information content (AvgIpc) is 3.44. The van der Waals surface area contributed by atoms with Crippen LogP contribution < -0.4 is 16.4 Å². The van der Waals surface area contributed by atoms with Gasteiger partial charge in [-0.25, -0.2) is 14.4 Å². The summed E-state index contributed by atoms with van der Waals surface area (Å²) in [6.07, 6.45) is 3.11. The molecule has 8 nitrogen and oxygen atoms in total. The Hall–Kier alpha value is -3.17. The van der Waals surface area contributed by atoms with Gasteiger partial charge in [0.15, 0.2) is 0 Å². The van der Waals surface area contributed by atoms with Crippen LogP contribution in [0.3, 0.4) is 0 Å². The maximum absolute atomic E-state index is 13.1. The first kappa shape index (κ1) is 19.2. The van der Waals surface area contributed by atoms with Crippen LogP contribution >= 0.6 is 0 Å². The zero-order chi connectivity index (χ0) is 20.7. The van der Waals surface area contributed by atoms with Crippen LogP contribution in [0.2, 0.25) is 0 Å². The van der Waals surface area contributed by atoms with Crippen molar-refractivity contribution in [2.75, 3.05) is 18.1 Å². The largest absolute Gasteiger partial charge is 0.383 e. The second-order valence-electron chi connectivity index (χ2n) is 7.12. The molecule has 150 valence electrons. The van der Waals surface area contributed by atoms with E-state index in [0.29, 0.717) is 22.5 Å². The molecule has 1 aliphatic rings. The van der Waals surface area contributed by atoms with Gasteiger partial charge in [0.05, 0.1) is 11.6 Å². The van der Waals surface area contributed by atoms with Crippen LogP contribution in [-0.4, -0.2) is 39.2 Å². The van der Waals surface area contributed by atoms with Crippen LogP contribution in [-0.2, 0) is 4.79 Å². The molecule has 1 amide bonds. The number of nitrogens with two attached hydrogens (primary N) is 1. The van der Waals surface area contributed by atoms with Gasteiger partial charge >= 0.3 is 0 Å². The Morgan fingerprint density at radius 3 is 2.79 bits per heavy atom. The number of nitrogens with one attached hydrogen (secondary N) is 2. The molecule has 0 aliphatic heterocycles. The van der Waals surface area contributed by atoms with Gasteiger partial charge in [-0.15, -0.1) is 0 Å². The Bertz CT molecular complexity index is 1110. The Kier molecular flexibility index (Phi) is 4.85. The third-order valence-electron chi connectivity index (χ3n) is 5.14. The van der Waals surface area contributed by atoms with E-state index in [0.717, 1.165) is 16.5 Å². The van der Waals surface area contributed by atoms with E-state index in [1.165, 1.54) is 6.20 Å². The topological polar surface area (TPSA) is 126 Å². The van der Waals surface area contributed by atoms with Crippen molar-refractivity contribution in [1.29, 1.82) is 0 Å². The maximum atomic E-state index is 13.1. The lowest BCUT2D eigenvalue weighted by atomic mass is 10.0. The minimum absolute atomic E-state index is 0.252. The zero-order valence-corrected chi connectivity index (χ0v) is 16.0. The van der Waals surface area contributed by atoms with Crippen LogP contribution in [0.25, 0.3) is 22.0 Å². The van der Waals surface area contributed by atoms with Crippen molar-refractivity contribution in [3.63, 3.8) is 0 Å². The number of fused-ring (bicyclic) bond motifs is 1. The highest BCUT2D eigenvalue weighted by molar-refractivity contribution is 5.98. The summed E-state index contributed by atoms with van der Waals surface area (Å²) in [4.78, 5) is 24.8. The third-order valence-corrected chi connectivity index (χ3v) is 5.14. The van der Waals surface area contributed by atoms with Crippen LogP contribution in [0.15, 0.2) is 30.7 Å². The van der Waals surface area contributed by atoms with E-state index >= 15 is 0 Å². The molecule has 3 aromatic rings. The molecule has 0 aromatic carbocycles. The molecule has 1 fully saturated rings. The molecule has 0 radical (unpaired) electrons. The van der Waals surface area contributed by atoms with Crippen molar-refractivity contribution in [3.8, 4) is 11.3 Å². The normalized spacial score (nSPS) is 19.2. The number of rotatable bonds is 5. The fourth-order valence-corrected chi connectivity index (χ4v) is 3.27. The molecule has 29 heavy (non-hydrogen) atoms. The number of pyridine rings is 3. The predicted octanol–water partition coefficient (Wildman–Crippen LogP) is 2.09. The molecule has 0 saturated heterocycles. The number of nitrogens with zero attached hydrogens (tertiary/aromatic N) is 3. The van der Waals surface area contributed by atoms with Gasteiger partial charge in [-0.05, 0) is 43.5 Å². The first-order valence-electron chi connectivity index (χ1n) is 9.20. The first-order chi connectivity index (χ1) is 13.9. The molecule has 1 saturated carbocycles. The number of carbonyl (C=O) groups is 1. The summed E-state index contributed by atoms with van der Waals surface area (Å²) in [5, 5.41) is 16.9. The van der Waals surface area contributed by atoms with Crippen LogP contribution in [0.5, 0.6) is 0 Å². The van der Waals surface area contributed by atoms with Crippen LogP contribution in [0.1, 0.15) is 23.8 Å². The van der Waals surface area contributed by atoms with Crippen molar-refractivity contribution in [1.82, 2.24) is 20.3 Å². The van der Waals surface area contributed by atoms with Crippen LogP contribution in [0, 0.1) is 12.8 Å². The lowest BCUT2D eigenvalue weighted by molar-refractivity contribution is -0.117. The highest BCUT2D eigenvalue weighted by atomic mass is 19.1. The molecule has 0 spiro atoms. The first-order valence-corrected chi connectivity index (χ1v) is 9.20. The second-order valence-corrected chi connectivity index (χ2v) is 7.12. The summed E-state index contributed by atoms with van der Waals surface area (Å²) in [6, 6.07) is 3.50. The summed E-state index contributed by atoms with van der Waals surface area (Å²) in [6.45, 7) is 1.87. The number of aliphatic hydroxyl groups is 1. The van der Waals surface area contributed by atoms with Gasteiger partial charge in [0.25, 0.3) is 0 Å². The fourth-order valence-electron chi connectivity index (χ4n) is 3.27. The number of aliphatic hydroxyl groups excluding tert-OH is 1. The minimum atomic E-state index is -1.07. The molecular formula is C20H21FN6O2. The van der Waals surface area contributed by atoms with Crippen molar-refractivity contribution in [2.45, 2.75) is 25.7 Å². The molecular weight excluding hydrogens is 375 g/mol. The molecule has 3 heterocycles. The van der Waals surface area contributed by atoms with Crippen molar-refractivity contribution in [2.24, 2.45) is 5.92 Å². The molecule has 1 aliphatic carbocycles. The SMILES string of the molecule is CNC(O)c1cncc(-c2cc3cc(NC(=O)[C@H]4C[C@H]4F)ncc3c(N)n2)c1C. The molecule has 3 atom stereocenters. The van der Waals surface area contributed by atoms with Gasteiger partial charge in [-0.2, -0.15) is 0 Å². The van der Waals surface area contributed by atoms with Gasteiger partial charge in [0.1, 0.15) is 24.0 Å². The standard InChI is InChI=1S/C20H21FN6O2/c1-9-12(6-24-7-13(9)19(28)23-2)16-3-10-4-17(25-8-14(10)18(22)26-16)27-20(29)11-5-15(11)21/h3-4,6-8,11,15,19,23,28H,5H2,1-2H3,(H2,22,26)(H,25,27,29)/t11-,15+,19?/m0/s1. The number of hydrogen-bond acceptors (Lipinski definition) is 7. The van der Waals surface area contributed by atoms with E-state index in [1.807, 2.05) is 13.0 Å². The quantitative estimate of drug-likeness (QED) is 0.487. The van der Waals surface area contributed by atoms with Gasteiger partial charge in [-0.1, -0.05) is 0 Å². The Morgan fingerprint density at radius 2 is 2.10 bits per heavy atom. The average molecular weight is 396 g/mol. The zero-order valence-electron chi connectivity index (χ0n) is 16.0. The number of carbonyl (C=O) groups excluding carboxylic acids is 1. The van der Waals surface area contributed by atoms with Gasteiger partial charge in [-0.3, -0.25) is 15.1 Å². The van der Waals surface area contributed by atoms with E-state index in [-0.39, 0.29) is 18.1 Å². The minimum Gasteiger partial charge on any atom is -0.383 e. The number of halogens is 1. The fraction of sp³-hybridized carbons (Fsp3) is 0.300. The van der Waals surface area contributed by atoms with Crippen LogP contribution in [0.4, 0.5) is 16.0 Å². The summed E-state index contributed by atoms with van der Waals surface area (Å²) in [5.74, 6) is -0.360. The molecule has 1 unspecified atom stereocenters. The number of nitrogen functional groups attached to an aromatic ring is 1. The second kappa shape index (κ2) is 7.34. The lowest BCUT2D eigenvalue weighted by Gasteiger charge is -2.15. The Morgan fingerprint density at radius 1 is 1.34 bits per heavy atom. The highest BCUT2D eigenvalue weighted by Gasteiger charge is 2.43. The van der Waals surface area contributed by atoms with Crippen molar-refractivity contribution < 1.29 is 14.3 Å². The highest BCUT2D eigenvalue weighted by Crippen LogP contribution is 2.35. The maximum Gasteiger partial charge on any atom is 0.231 e. The smallest absolute Gasteiger partial charge is 0.231 e. The van der Waals surface area contributed by atoms with Crippen molar-refractivity contribution in [3.05, 3.63) is 41.9 Å². The Balaban J connectivity index is 1.73. The lowest BCUT2D eigenvalue weighted by Crippen LogP contribution is -2.17. The molecule has 9 heteroatoms. The number of hydrogen-bond donors (Lipinski definition) is 4. The van der Waals surface area contributed by atoms with E-state index in [2.05, 4.69) is 25.6 Å². The van der Waals surface area contributed by atoms with E-state index < -0.39 is 18.3 Å². The molecule has 0 bridgehead atoms. The van der Waals surface area contributed by atoms with Gasteiger partial charge in [0, 0.05) is 35.1 Å². The summed E-state index contributed by atoms with van der Waals surface area (Å²) in [7, 11) is 1.65. The summed E-state index contributed by atoms with van der Waals surface area (Å²) >= 11 is 0. The predicted molar refractivity (Wildman–Crippen MR) is 108 cm³/mol. The number of amides is 1. The Labute approximate surface area is 166 Å². The van der Waals surface area contributed by atoms with E-state index in [4.69, 9.17) is 5.73 Å². The molecule has 3 aromatic heterocycles. The van der Waals surface area contributed by atoms with Gasteiger partial charge < -0.3 is 16.2 Å². The van der Waals surface area contributed by atoms with Gasteiger partial charge in [0.2, 0.25) is 5.91 Å². The number of alkyl halides is 1.